The average Bonchev–Trinajstić information content (AvgIpc) is 3.57. The van der Waals surface area contributed by atoms with Gasteiger partial charge in [-0.1, -0.05) is 6.07 Å². The number of anilines is 2. The van der Waals surface area contributed by atoms with E-state index in [-0.39, 0.29) is 87.8 Å². The van der Waals surface area contributed by atoms with Gasteiger partial charge in [-0.15, -0.1) is 0 Å². The zero-order valence-electron chi connectivity index (χ0n) is 32.3. The van der Waals surface area contributed by atoms with Crippen LogP contribution >= 0.6 is 12.2 Å². The number of carbonyl (C=O) groups is 6. The van der Waals surface area contributed by atoms with E-state index in [0.29, 0.717) is 0 Å². The first-order valence-corrected chi connectivity index (χ1v) is 18.7. The van der Waals surface area contributed by atoms with Crippen molar-refractivity contribution in [3.8, 4) is 28.5 Å². The summed E-state index contributed by atoms with van der Waals surface area (Å²) in [7, 11) is 1.18. The first-order valence-electron chi connectivity index (χ1n) is 18.3. The van der Waals surface area contributed by atoms with Gasteiger partial charge in [0, 0.05) is 18.1 Å². The van der Waals surface area contributed by atoms with Gasteiger partial charge >= 0.3 is 0 Å². The van der Waals surface area contributed by atoms with E-state index < -0.39 is 71.1 Å². The summed E-state index contributed by atoms with van der Waals surface area (Å²) in [6.07, 6.45) is 1.21. The number of hydrogen-bond acceptors (Lipinski definition) is 11. The molecule has 0 bridgehead atoms. The Kier molecular flexibility index (Phi) is 11.2. The van der Waals surface area contributed by atoms with E-state index in [1.165, 1.54) is 74.5 Å². The van der Waals surface area contributed by atoms with Crippen LogP contribution in [0.5, 0.6) is 17.2 Å². The summed E-state index contributed by atoms with van der Waals surface area (Å²) in [4.78, 5) is 86.2. The fraction of sp³-hybridized carbons (Fsp3) is 0.244. The van der Waals surface area contributed by atoms with Gasteiger partial charge in [0.05, 0.1) is 48.9 Å². The molecule has 1 aromatic heterocycles. The SMILES string of the molecule is [C-]#[N+]c1ccc(N2C(=O)C(C)(C)N(c3cnc(-c4ccc(OCCNC(=O)COc5ccc6c(c5)C(=O)N(C5CCC(=O)NC5=O)C6=O)c(F)c4)c(F)c3)C2=S)c(F)c1OC. The standard InChI is InChI=1S/C41H32F3N7O9S/c1-41(2)39(57)50(28-9-8-27(45-3)35(58-4)33(28)44)40(61)51(41)21-16-26(43)34(47-18-21)20-5-11-30(25(42)15-20)59-14-13-46-32(53)19-60-22-6-7-23-24(17-22)38(56)49(37(23)55)29-10-12-31(52)48-36(29)54/h5-9,11,15-18,29H,10,12-14,19H2,1-2,4H3,(H,46,53)(H,48,52,54). The van der Waals surface area contributed by atoms with Crippen LogP contribution in [0.15, 0.2) is 60.8 Å². The maximum atomic E-state index is 15.7. The molecular weight excluding hydrogens is 824 g/mol. The average molecular weight is 856 g/mol. The van der Waals surface area contributed by atoms with Crippen molar-refractivity contribution in [2.45, 2.75) is 38.3 Å². The summed E-state index contributed by atoms with van der Waals surface area (Å²) in [5.41, 5.74) is -1.90. The van der Waals surface area contributed by atoms with Gasteiger partial charge < -0.3 is 24.4 Å². The van der Waals surface area contributed by atoms with Crippen LogP contribution in [0.25, 0.3) is 16.1 Å². The number of nitrogens with zero attached hydrogens (tertiary/aromatic N) is 5. The van der Waals surface area contributed by atoms with E-state index in [1.807, 2.05) is 0 Å². The second kappa shape index (κ2) is 16.3. The van der Waals surface area contributed by atoms with Gasteiger partial charge in [-0.3, -0.25) is 48.9 Å². The van der Waals surface area contributed by atoms with E-state index in [1.54, 1.807) is 0 Å². The number of imide groups is 2. The predicted octanol–water partition coefficient (Wildman–Crippen LogP) is 4.62. The normalized spacial score (nSPS) is 17.0. The number of piperidine rings is 1. The van der Waals surface area contributed by atoms with Crippen LogP contribution in [0.1, 0.15) is 47.4 Å². The third kappa shape index (κ3) is 7.55. The van der Waals surface area contributed by atoms with E-state index in [9.17, 15) is 28.8 Å². The van der Waals surface area contributed by atoms with E-state index in [4.69, 9.17) is 33.0 Å². The molecule has 4 heterocycles. The van der Waals surface area contributed by atoms with Crippen LogP contribution in [-0.2, 0) is 19.2 Å². The number of nitrogens with one attached hydrogen (secondary N) is 2. The maximum Gasteiger partial charge on any atom is 0.262 e. The molecule has 20 heteroatoms. The highest BCUT2D eigenvalue weighted by Gasteiger charge is 2.51. The molecule has 0 aliphatic carbocycles. The molecule has 0 saturated carbocycles. The molecule has 3 aromatic carbocycles. The van der Waals surface area contributed by atoms with Crippen LogP contribution in [-0.4, -0.2) is 88.9 Å². The topological polar surface area (TPSA) is 181 Å². The number of benzene rings is 3. The highest BCUT2D eigenvalue weighted by atomic mass is 32.1. The Morgan fingerprint density at radius 3 is 2.44 bits per heavy atom. The molecular formula is C41H32F3N7O9S. The van der Waals surface area contributed by atoms with Crippen LogP contribution in [0.4, 0.5) is 30.2 Å². The number of methoxy groups -OCH3 is 1. The molecule has 7 rings (SSSR count). The van der Waals surface area contributed by atoms with Crippen molar-refractivity contribution in [1.82, 2.24) is 20.5 Å². The van der Waals surface area contributed by atoms with E-state index >= 15 is 13.2 Å². The molecule has 3 aliphatic heterocycles. The third-order valence-electron chi connectivity index (χ3n) is 10.0. The molecule has 2 N–H and O–H groups in total. The zero-order chi connectivity index (χ0) is 43.9. The molecule has 0 radical (unpaired) electrons. The number of halogens is 3. The zero-order valence-corrected chi connectivity index (χ0v) is 33.2. The lowest BCUT2D eigenvalue weighted by Crippen LogP contribution is -2.54. The van der Waals surface area contributed by atoms with E-state index in [2.05, 4.69) is 20.5 Å². The lowest BCUT2D eigenvalue weighted by atomic mass is 10.0. The van der Waals surface area contributed by atoms with Crippen LogP contribution in [0.2, 0.25) is 0 Å². The summed E-state index contributed by atoms with van der Waals surface area (Å²) in [5.74, 6) is -7.08. The summed E-state index contributed by atoms with van der Waals surface area (Å²) in [5, 5.41) is 4.47. The van der Waals surface area contributed by atoms with Crippen LogP contribution in [0, 0.1) is 24.0 Å². The van der Waals surface area contributed by atoms with Gasteiger partial charge in [-0.05, 0) is 75.0 Å². The Hall–Kier alpha value is -7.40. The quantitative estimate of drug-likeness (QED) is 0.0876. The minimum absolute atomic E-state index is 0.00108. The fourth-order valence-corrected chi connectivity index (χ4v) is 7.57. The first-order chi connectivity index (χ1) is 29.1. The van der Waals surface area contributed by atoms with Crippen molar-refractivity contribution in [2.75, 3.05) is 36.7 Å². The molecule has 6 amide bonds. The first kappa shape index (κ1) is 41.7. The summed E-state index contributed by atoms with van der Waals surface area (Å²) < 4.78 is 62.3. The molecule has 1 unspecified atom stereocenters. The predicted molar refractivity (Wildman–Crippen MR) is 213 cm³/mol. The Balaban J connectivity index is 0.931. The number of carbonyl (C=O) groups excluding carboxylic acids is 6. The molecule has 16 nitrogen and oxygen atoms in total. The van der Waals surface area contributed by atoms with Crippen LogP contribution < -0.4 is 34.6 Å². The highest BCUT2D eigenvalue weighted by Crippen LogP contribution is 2.42. The molecule has 4 aromatic rings. The van der Waals surface area contributed by atoms with Gasteiger partial charge in [0.1, 0.15) is 29.6 Å². The maximum absolute atomic E-state index is 15.7. The second-order valence-electron chi connectivity index (χ2n) is 14.2. The van der Waals surface area contributed by atoms with Crippen molar-refractivity contribution in [3.05, 3.63) is 101 Å². The molecule has 312 valence electrons. The van der Waals surface area contributed by atoms with Crippen molar-refractivity contribution in [3.63, 3.8) is 0 Å². The smallest absolute Gasteiger partial charge is 0.262 e. The summed E-state index contributed by atoms with van der Waals surface area (Å²) >= 11 is 5.57. The van der Waals surface area contributed by atoms with Crippen molar-refractivity contribution in [1.29, 1.82) is 0 Å². The van der Waals surface area contributed by atoms with Gasteiger partial charge in [-0.25, -0.2) is 18.0 Å². The number of thiocarbonyl (C=S) groups is 1. The minimum Gasteiger partial charge on any atom is -0.505 e. The molecule has 0 spiro atoms. The number of ether oxygens (including phenoxy) is 3. The number of rotatable bonds is 12. The van der Waals surface area contributed by atoms with Crippen molar-refractivity contribution in [2.24, 2.45) is 0 Å². The molecule has 2 saturated heterocycles. The largest absolute Gasteiger partial charge is 0.505 e. The third-order valence-corrected chi connectivity index (χ3v) is 10.4. The minimum atomic E-state index is -1.43. The van der Waals surface area contributed by atoms with Gasteiger partial charge in [0.25, 0.3) is 23.6 Å². The molecule has 3 aliphatic rings. The Morgan fingerprint density at radius 1 is 1.00 bits per heavy atom. The summed E-state index contributed by atoms with van der Waals surface area (Å²) in [6, 6.07) is 10.1. The van der Waals surface area contributed by atoms with E-state index in [0.717, 1.165) is 21.9 Å². The Labute approximate surface area is 350 Å². The lowest BCUT2D eigenvalue weighted by Gasteiger charge is -2.29. The Bertz CT molecular complexity index is 2640. The molecule has 61 heavy (non-hydrogen) atoms. The fourth-order valence-electron chi connectivity index (χ4n) is 7.05. The molecule has 2 fully saturated rings. The monoisotopic (exact) mass is 855 g/mol. The van der Waals surface area contributed by atoms with Crippen molar-refractivity contribution < 1.29 is 56.1 Å². The number of fused-ring (bicyclic) bond motifs is 1. The van der Waals surface area contributed by atoms with Crippen molar-refractivity contribution >= 4 is 69.8 Å². The number of pyridine rings is 1. The number of hydrogen-bond donors (Lipinski definition) is 2. The highest BCUT2D eigenvalue weighted by molar-refractivity contribution is 7.81. The number of amides is 6. The van der Waals surface area contributed by atoms with Crippen LogP contribution in [0.3, 0.4) is 0 Å². The van der Waals surface area contributed by atoms with Gasteiger partial charge in [0.15, 0.2) is 40.7 Å². The second-order valence-corrected chi connectivity index (χ2v) is 14.6. The summed E-state index contributed by atoms with van der Waals surface area (Å²) in [6.45, 7) is 9.55. The number of aromatic nitrogens is 1. The Morgan fingerprint density at radius 2 is 1.75 bits per heavy atom. The lowest BCUT2D eigenvalue weighted by molar-refractivity contribution is -0.136. The van der Waals surface area contributed by atoms with Gasteiger partial charge in [-0.2, -0.15) is 0 Å². The molecule has 1 atom stereocenters. The van der Waals surface area contributed by atoms with Gasteiger partial charge in [0.2, 0.25) is 17.5 Å².